The molecule has 150 valence electrons. The molecular formula is C20H24N2O6. The molecule has 1 aromatic rings. The largest absolute Gasteiger partial charge is 0.468 e. The maximum Gasteiger partial charge on any atom is 0.329 e. The molecule has 2 atom stereocenters. The fourth-order valence-corrected chi connectivity index (χ4v) is 3.91. The van der Waals surface area contributed by atoms with Crippen LogP contribution in [-0.4, -0.2) is 72.9 Å². The summed E-state index contributed by atoms with van der Waals surface area (Å²) in [6.45, 7) is 1.38. The quantitative estimate of drug-likeness (QED) is 0.535. The van der Waals surface area contributed by atoms with Gasteiger partial charge in [-0.2, -0.15) is 0 Å². The lowest BCUT2D eigenvalue weighted by molar-refractivity contribution is -0.151. The Kier molecular flexibility index (Phi) is 6.08. The number of likely N-dealkylation sites (tertiary alicyclic amines) is 1. The van der Waals surface area contributed by atoms with Crippen molar-refractivity contribution in [2.75, 3.05) is 27.3 Å². The molecule has 0 spiro atoms. The van der Waals surface area contributed by atoms with Gasteiger partial charge in [0.1, 0.15) is 12.1 Å². The van der Waals surface area contributed by atoms with Crippen LogP contribution in [0.2, 0.25) is 0 Å². The Morgan fingerprint density at radius 2 is 1.39 bits per heavy atom. The molecule has 0 unspecified atom stereocenters. The summed E-state index contributed by atoms with van der Waals surface area (Å²) in [5, 5.41) is 0. The summed E-state index contributed by atoms with van der Waals surface area (Å²) < 4.78 is 9.80. The Hall–Kier alpha value is -2.74. The average molecular weight is 388 g/mol. The molecule has 2 aliphatic rings. The van der Waals surface area contributed by atoms with E-state index in [4.69, 9.17) is 9.47 Å². The first-order valence-electron chi connectivity index (χ1n) is 9.36. The summed E-state index contributed by atoms with van der Waals surface area (Å²) in [6, 6.07) is 4.47. The van der Waals surface area contributed by atoms with Gasteiger partial charge in [-0.3, -0.25) is 24.2 Å². The number of methoxy groups -OCH3 is 2. The zero-order valence-corrected chi connectivity index (χ0v) is 16.1. The number of carbonyl (C=O) groups is 4. The van der Waals surface area contributed by atoms with Gasteiger partial charge in [0.05, 0.1) is 25.3 Å². The molecule has 2 amide bonds. The molecule has 1 aromatic carbocycles. The van der Waals surface area contributed by atoms with Gasteiger partial charge in [-0.25, -0.2) is 4.79 Å². The highest BCUT2D eigenvalue weighted by Crippen LogP contribution is 2.28. The second-order valence-corrected chi connectivity index (χ2v) is 6.94. The normalized spacial score (nSPS) is 19.1. The highest BCUT2D eigenvalue weighted by molar-refractivity contribution is 6.22. The number of carbonyl (C=O) groups excluding carboxylic acids is 4. The van der Waals surface area contributed by atoms with Crippen LogP contribution in [0, 0.1) is 0 Å². The van der Waals surface area contributed by atoms with Crippen molar-refractivity contribution in [3.8, 4) is 0 Å². The molecule has 1 fully saturated rings. The van der Waals surface area contributed by atoms with Crippen molar-refractivity contribution in [3.05, 3.63) is 35.4 Å². The zero-order valence-electron chi connectivity index (χ0n) is 16.1. The molecule has 0 radical (unpaired) electrons. The van der Waals surface area contributed by atoms with Crippen molar-refractivity contribution in [2.24, 2.45) is 0 Å². The smallest absolute Gasteiger partial charge is 0.329 e. The zero-order chi connectivity index (χ0) is 20.3. The van der Waals surface area contributed by atoms with Crippen molar-refractivity contribution in [3.63, 3.8) is 0 Å². The molecule has 0 saturated carbocycles. The summed E-state index contributed by atoms with van der Waals surface area (Å²) in [4.78, 5) is 53.5. The highest BCUT2D eigenvalue weighted by Gasteiger charge is 2.45. The predicted octanol–water partition coefficient (Wildman–Crippen LogP) is 1.24. The molecule has 0 aliphatic carbocycles. The Balaban J connectivity index is 1.91. The lowest BCUT2D eigenvalue weighted by atomic mass is 10.0. The van der Waals surface area contributed by atoms with Crippen LogP contribution in [0.4, 0.5) is 0 Å². The third kappa shape index (κ3) is 3.64. The maximum absolute atomic E-state index is 12.8. The van der Waals surface area contributed by atoms with E-state index in [1.165, 1.54) is 14.2 Å². The van der Waals surface area contributed by atoms with E-state index < -0.39 is 35.8 Å². The molecule has 0 N–H and O–H groups in total. The fourth-order valence-electron chi connectivity index (χ4n) is 3.91. The summed E-state index contributed by atoms with van der Waals surface area (Å²) in [5.41, 5.74) is 0.489. The monoisotopic (exact) mass is 388 g/mol. The van der Waals surface area contributed by atoms with Crippen LogP contribution >= 0.6 is 0 Å². The summed E-state index contributed by atoms with van der Waals surface area (Å²) in [7, 11) is 2.48. The number of esters is 2. The number of hydrogen-bond acceptors (Lipinski definition) is 7. The lowest BCUT2D eigenvalue weighted by Gasteiger charge is -2.35. The number of hydrogen-bond donors (Lipinski definition) is 0. The van der Waals surface area contributed by atoms with E-state index in [0.29, 0.717) is 13.1 Å². The average Bonchev–Trinajstić information content (AvgIpc) is 2.99. The van der Waals surface area contributed by atoms with Crippen molar-refractivity contribution in [2.45, 2.75) is 37.8 Å². The van der Waals surface area contributed by atoms with Crippen LogP contribution in [0.1, 0.15) is 46.4 Å². The SMILES string of the molecule is COC(=O)[C@@H](C[C@H](C(=O)OC)N1C(=O)c2ccccc2C1=O)N1CCCCC1. The second-order valence-electron chi connectivity index (χ2n) is 6.94. The van der Waals surface area contributed by atoms with Crippen LogP contribution in [0.3, 0.4) is 0 Å². The van der Waals surface area contributed by atoms with Gasteiger partial charge in [0.15, 0.2) is 0 Å². The highest BCUT2D eigenvalue weighted by atomic mass is 16.5. The van der Waals surface area contributed by atoms with E-state index in [2.05, 4.69) is 0 Å². The Bertz CT molecular complexity index is 752. The van der Waals surface area contributed by atoms with Crippen molar-refractivity contribution in [1.29, 1.82) is 0 Å². The summed E-state index contributed by atoms with van der Waals surface area (Å²) >= 11 is 0. The van der Waals surface area contributed by atoms with Gasteiger partial charge in [-0.05, 0) is 38.1 Å². The predicted molar refractivity (Wildman–Crippen MR) is 98.6 cm³/mol. The molecular weight excluding hydrogens is 364 g/mol. The number of rotatable bonds is 6. The third-order valence-corrected chi connectivity index (χ3v) is 5.36. The van der Waals surface area contributed by atoms with Crippen molar-refractivity contribution in [1.82, 2.24) is 9.80 Å². The van der Waals surface area contributed by atoms with Gasteiger partial charge in [-0.1, -0.05) is 18.6 Å². The van der Waals surface area contributed by atoms with Gasteiger partial charge < -0.3 is 9.47 Å². The minimum atomic E-state index is -1.21. The van der Waals surface area contributed by atoms with Crippen LogP contribution in [0.15, 0.2) is 24.3 Å². The molecule has 2 heterocycles. The number of piperidine rings is 1. The molecule has 3 rings (SSSR count). The maximum atomic E-state index is 12.8. The minimum absolute atomic E-state index is 0.0647. The number of imide groups is 1. The number of benzene rings is 1. The first kappa shape index (κ1) is 20.0. The van der Waals surface area contributed by atoms with Gasteiger partial charge >= 0.3 is 11.9 Å². The number of ether oxygens (including phenoxy) is 2. The van der Waals surface area contributed by atoms with E-state index in [1.807, 2.05) is 4.90 Å². The third-order valence-electron chi connectivity index (χ3n) is 5.36. The molecule has 0 aromatic heterocycles. The van der Waals surface area contributed by atoms with Crippen molar-refractivity contribution >= 4 is 23.8 Å². The molecule has 1 saturated heterocycles. The number of amides is 2. The van der Waals surface area contributed by atoms with E-state index in [-0.39, 0.29) is 17.5 Å². The Labute approximate surface area is 163 Å². The van der Waals surface area contributed by atoms with Crippen LogP contribution in [0.25, 0.3) is 0 Å². The Morgan fingerprint density at radius 3 is 1.89 bits per heavy atom. The molecule has 8 heteroatoms. The van der Waals surface area contributed by atoms with E-state index in [0.717, 1.165) is 24.2 Å². The first-order chi connectivity index (χ1) is 13.5. The van der Waals surface area contributed by atoms with Gasteiger partial charge in [0.2, 0.25) is 0 Å². The minimum Gasteiger partial charge on any atom is -0.468 e. The van der Waals surface area contributed by atoms with Gasteiger partial charge in [0, 0.05) is 6.42 Å². The molecule has 8 nitrogen and oxygen atoms in total. The second kappa shape index (κ2) is 8.52. The lowest BCUT2D eigenvalue weighted by Crippen LogP contribution is -2.53. The van der Waals surface area contributed by atoms with E-state index in [1.54, 1.807) is 24.3 Å². The Morgan fingerprint density at radius 1 is 0.893 bits per heavy atom. The summed E-state index contributed by atoms with van der Waals surface area (Å²) in [6.07, 6.45) is 2.88. The van der Waals surface area contributed by atoms with Crippen molar-refractivity contribution < 1.29 is 28.7 Å². The fraction of sp³-hybridized carbons (Fsp3) is 0.500. The van der Waals surface area contributed by atoms with Crippen LogP contribution < -0.4 is 0 Å². The van der Waals surface area contributed by atoms with Crippen LogP contribution in [-0.2, 0) is 19.1 Å². The van der Waals surface area contributed by atoms with E-state index in [9.17, 15) is 19.2 Å². The topological polar surface area (TPSA) is 93.2 Å². The van der Waals surface area contributed by atoms with E-state index >= 15 is 0 Å². The molecule has 0 bridgehead atoms. The standard InChI is InChI=1S/C20H24N2O6/c1-27-19(25)15(21-10-6-3-7-11-21)12-16(20(26)28-2)22-17(23)13-8-4-5-9-14(13)18(22)24/h4-5,8-9,15-16H,3,6-7,10-12H2,1-2H3/t15-,16-/m1/s1. The number of fused-ring (bicyclic) bond motifs is 1. The molecule has 2 aliphatic heterocycles. The van der Waals surface area contributed by atoms with Gasteiger partial charge in [-0.15, -0.1) is 0 Å². The first-order valence-corrected chi connectivity index (χ1v) is 9.36. The van der Waals surface area contributed by atoms with Gasteiger partial charge in [0.25, 0.3) is 11.8 Å². The number of nitrogens with zero attached hydrogens (tertiary/aromatic N) is 2. The molecule has 28 heavy (non-hydrogen) atoms. The summed E-state index contributed by atoms with van der Waals surface area (Å²) in [5.74, 6) is -2.34. The van der Waals surface area contributed by atoms with Crippen LogP contribution in [0.5, 0.6) is 0 Å².